The molecule has 8 heteroatoms. The van der Waals surface area contributed by atoms with Crippen molar-refractivity contribution in [2.24, 2.45) is 4.99 Å². The van der Waals surface area contributed by atoms with E-state index < -0.39 is 0 Å². The normalized spacial score (nSPS) is 15.7. The number of nitrogens with one attached hydrogen (secondary N) is 1. The van der Waals surface area contributed by atoms with Gasteiger partial charge >= 0.3 is 0 Å². The summed E-state index contributed by atoms with van der Waals surface area (Å²) in [4.78, 5) is 17.5. The lowest BCUT2D eigenvalue weighted by atomic mass is 10.2. The van der Waals surface area contributed by atoms with E-state index in [0.717, 1.165) is 37.3 Å². The van der Waals surface area contributed by atoms with Crippen LogP contribution in [0.15, 0.2) is 85.6 Å². The molecule has 0 aromatic heterocycles. The second kappa shape index (κ2) is 11.0. The molecule has 4 rings (SSSR count). The minimum absolute atomic E-state index is 0.162. The number of rotatable bonds is 7. The van der Waals surface area contributed by atoms with Crippen LogP contribution in [-0.2, 0) is 11.4 Å². The summed E-state index contributed by atoms with van der Waals surface area (Å²) in [5.41, 5.74) is 2.72. The maximum atomic E-state index is 12.4. The summed E-state index contributed by atoms with van der Waals surface area (Å²) in [6.07, 6.45) is 1.84. The van der Waals surface area contributed by atoms with Crippen molar-refractivity contribution in [1.82, 2.24) is 5.32 Å². The number of amides is 1. The SMILES string of the molecule is CCOc1ccc(N=C2NC(=O)/C(=C/c3ccc(OCc4ccc(Br)cc4Br)cc3)S2)cc1. The predicted octanol–water partition coefficient (Wildman–Crippen LogP) is 7.08. The Labute approximate surface area is 213 Å². The molecule has 1 aliphatic heterocycles. The van der Waals surface area contributed by atoms with E-state index in [9.17, 15) is 4.79 Å². The third-order valence-electron chi connectivity index (χ3n) is 4.62. The number of hydrogen-bond donors (Lipinski definition) is 1. The lowest BCUT2D eigenvalue weighted by Gasteiger charge is -2.08. The van der Waals surface area contributed by atoms with Crippen molar-refractivity contribution >= 4 is 66.5 Å². The van der Waals surface area contributed by atoms with Crippen LogP contribution in [0.4, 0.5) is 5.69 Å². The van der Waals surface area contributed by atoms with Crippen LogP contribution in [0.3, 0.4) is 0 Å². The Morgan fingerprint density at radius 2 is 1.67 bits per heavy atom. The Morgan fingerprint density at radius 3 is 2.36 bits per heavy atom. The molecule has 1 N–H and O–H groups in total. The Bertz CT molecular complexity index is 1210. The van der Waals surface area contributed by atoms with Gasteiger partial charge in [-0.15, -0.1) is 0 Å². The summed E-state index contributed by atoms with van der Waals surface area (Å²) in [6.45, 7) is 3.01. The van der Waals surface area contributed by atoms with E-state index >= 15 is 0 Å². The molecule has 1 heterocycles. The second-order valence-corrected chi connectivity index (χ2v) is 9.80. The molecule has 5 nitrogen and oxygen atoms in total. The van der Waals surface area contributed by atoms with Crippen molar-refractivity contribution in [2.45, 2.75) is 13.5 Å². The fraction of sp³-hybridized carbons (Fsp3) is 0.120. The van der Waals surface area contributed by atoms with Gasteiger partial charge in [-0.25, -0.2) is 4.99 Å². The van der Waals surface area contributed by atoms with Gasteiger partial charge in [0.1, 0.15) is 18.1 Å². The number of benzene rings is 3. The molecule has 1 saturated heterocycles. The summed E-state index contributed by atoms with van der Waals surface area (Å²) in [6, 6.07) is 21.1. The number of ether oxygens (including phenoxy) is 2. The van der Waals surface area contributed by atoms with Gasteiger partial charge in [-0.05, 0) is 78.9 Å². The van der Waals surface area contributed by atoms with Crippen LogP contribution in [0.25, 0.3) is 6.08 Å². The Morgan fingerprint density at radius 1 is 0.970 bits per heavy atom. The highest BCUT2D eigenvalue weighted by Gasteiger charge is 2.23. The van der Waals surface area contributed by atoms with Crippen molar-refractivity contribution in [2.75, 3.05) is 6.61 Å². The van der Waals surface area contributed by atoms with Gasteiger partial charge in [0.2, 0.25) is 0 Å². The summed E-state index contributed by atoms with van der Waals surface area (Å²) < 4.78 is 13.3. The van der Waals surface area contributed by atoms with Crippen molar-refractivity contribution in [3.05, 3.63) is 91.7 Å². The average Bonchev–Trinajstić information content (AvgIpc) is 3.14. The molecule has 0 bridgehead atoms. The van der Waals surface area contributed by atoms with Gasteiger partial charge in [0, 0.05) is 14.5 Å². The first-order chi connectivity index (χ1) is 16.0. The Kier molecular flexibility index (Phi) is 7.90. The summed E-state index contributed by atoms with van der Waals surface area (Å²) in [7, 11) is 0. The van der Waals surface area contributed by atoms with Crippen LogP contribution in [0.2, 0.25) is 0 Å². The minimum atomic E-state index is -0.162. The molecule has 1 aliphatic rings. The Balaban J connectivity index is 1.38. The van der Waals surface area contributed by atoms with E-state index in [-0.39, 0.29) is 5.91 Å². The molecule has 33 heavy (non-hydrogen) atoms. The van der Waals surface area contributed by atoms with Gasteiger partial charge in [0.25, 0.3) is 5.91 Å². The zero-order valence-electron chi connectivity index (χ0n) is 17.7. The van der Waals surface area contributed by atoms with Crippen LogP contribution in [0.1, 0.15) is 18.1 Å². The van der Waals surface area contributed by atoms with Crippen molar-refractivity contribution in [3.8, 4) is 11.5 Å². The number of carbonyl (C=O) groups excluding carboxylic acids is 1. The van der Waals surface area contributed by atoms with Gasteiger partial charge in [-0.1, -0.05) is 50.1 Å². The van der Waals surface area contributed by atoms with Crippen LogP contribution in [0, 0.1) is 0 Å². The molecule has 0 atom stereocenters. The molecule has 0 aliphatic carbocycles. The molecule has 0 saturated carbocycles. The quantitative estimate of drug-likeness (QED) is 0.300. The number of carbonyl (C=O) groups is 1. The molecule has 1 amide bonds. The monoisotopic (exact) mass is 586 g/mol. The van der Waals surface area contributed by atoms with Crippen LogP contribution >= 0.6 is 43.6 Å². The molecule has 168 valence electrons. The number of aliphatic imine (C=N–C) groups is 1. The molecule has 3 aromatic carbocycles. The summed E-state index contributed by atoms with van der Waals surface area (Å²) in [5, 5.41) is 3.36. The zero-order chi connectivity index (χ0) is 23.2. The zero-order valence-corrected chi connectivity index (χ0v) is 21.7. The Hall–Kier alpha value is -2.55. The average molecular weight is 588 g/mol. The van der Waals surface area contributed by atoms with E-state index in [4.69, 9.17) is 9.47 Å². The first kappa shape index (κ1) is 23.6. The number of thioether (sulfide) groups is 1. The predicted molar refractivity (Wildman–Crippen MR) is 141 cm³/mol. The van der Waals surface area contributed by atoms with Gasteiger partial charge in [0.15, 0.2) is 5.17 Å². The molecule has 0 unspecified atom stereocenters. The third-order valence-corrected chi connectivity index (χ3v) is 6.76. The van der Waals surface area contributed by atoms with Gasteiger partial charge < -0.3 is 14.8 Å². The first-order valence-corrected chi connectivity index (χ1v) is 12.6. The number of nitrogens with zero attached hydrogens (tertiary/aromatic N) is 1. The van der Waals surface area contributed by atoms with Crippen LogP contribution in [-0.4, -0.2) is 17.7 Å². The third kappa shape index (κ3) is 6.50. The fourth-order valence-electron chi connectivity index (χ4n) is 2.99. The van der Waals surface area contributed by atoms with E-state index in [2.05, 4.69) is 42.2 Å². The largest absolute Gasteiger partial charge is 0.494 e. The van der Waals surface area contributed by atoms with Gasteiger partial charge in [0.05, 0.1) is 17.2 Å². The summed E-state index contributed by atoms with van der Waals surface area (Å²) >= 11 is 8.31. The lowest BCUT2D eigenvalue weighted by Crippen LogP contribution is -2.19. The molecule has 1 fully saturated rings. The topological polar surface area (TPSA) is 59.9 Å². The molecular weight excluding hydrogens is 568 g/mol. The molecule has 0 radical (unpaired) electrons. The van der Waals surface area contributed by atoms with E-state index in [0.29, 0.717) is 23.3 Å². The molecule has 0 spiro atoms. The van der Waals surface area contributed by atoms with Gasteiger partial charge in [-0.3, -0.25) is 4.79 Å². The number of amidine groups is 1. The van der Waals surface area contributed by atoms with Crippen molar-refractivity contribution < 1.29 is 14.3 Å². The first-order valence-electron chi connectivity index (χ1n) is 10.2. The summed E-state index contributed by atoms with van der Waals surface area (Å²) in [5.74, 6) is 1.39. The highest BCUT2D eigenvalue weighted by molar-refractivity contribution is 9.11. The maximum absolute atomic E-state index is 12.4. The van der Waals surface area contributed by atoms with E-state index in [1.165, 1.54) is 11.8 Å². The smallest absolute Gasteiger partial charge is 0.264 e. The second-order valence-electron chi connectivity index (χ2n) is 7.00. The highest BCUT2D eigenvalue weighted by Crippen LogP contribution is 2.29. The van der Waals surface area contributed by atoms with Crippen LogP contribution < -0.4 is 14.8 Å². The van der Waals surface area contributed by atoms with Crippen molar-refractivity contribution in [1.29, 1.82) is 0 Å². The highest BCUT2D eigenvalue weighted by atomic mass is 79.9. The standard InChI is InChI=1S/C25H20Br2N2O3S/c1-2-31-20-11-7-19(8-12-20)28-25-29-24(30)23(33-25)13-16-3-9-21(10-4-16)32-15-17-5-6-18(26)14-22(17)27/h3-14H,2,15H2,1H3,(H,28,29,30)/b23-13-. The van der Waals surface area contributed by atoms with Crippen LogP contribution in [0.5, 0.6) is 11.5 Å². The van der Waals surface area contributed by atoms with E-state index in [1.54, 1.807) is 0 Å². The van der Waals surface area contributed by atoms with Crippen molar-refractivity contribution in [3.63, 3.8) is 0 Å². The fourth-order valence-corrected chi connectivity index (χ4v) is 5.00. The molecular formula is C25H20Br2N2O3S. The minimum Gasteiger partial charge on any atom is -0.494 e. The number of hydrogen-bond acceptors (Lipinski definition) is 5. The molecule has 3 aromatic rings. The lowest BCUT2D eigenvalue weighted by molar-refractivity contribution is -0.115. The number of halogens is 2. The van der Waals surface area contributed by atoms with Gasteiger partial charge in [-0.2, -0.15) is 0 Å². The maximum Gasteiger partial charge on any atom is 0.264 e. The van der Waals surface area contributed by atoms with E-state index in [1.807, 2.05) is 79.7 Å².